The second kappa shape index (κ2) is 5.14. The Morgan fingerprint density at radius 3 is 2.67 bits per heavy atom. The van der Waals surface area contributed by atoms with Gasteiger partial charge in [0.2, 0.25) is 0 Å². The molecule has 2 heterocycles. The number of H-pyrrole nitrogens is 1. The molecule has 4 aromatic rings. The first-order chi connectivity index (χ1) is 11.6. The third-order valence-electron chi connectivity index (χ3n) is 4.35. The monoisotopic (exact) mass is 317 g/mol. The van der Waals surface area contributed by atoms with E-state index in [2.05, 4.69) is 16.2 Å². The highest BCUT2D eigenvalue weighted by Crippen LogP contribution is 2.36. The van der Waals surface area contributed by atoms with Crippen molar-refractivity contribution in [2.24, 2.45) is 0 Å². The fourth-order valence-electron chi connectivity index (χ4n) is 3.27. The molecule has 5 nitrogen and oxygen atoms in total. The van der Waals surface area contributed by atoms with Gasteiger partial charge in [-0.2, -0.15) is 5.26 Å². The van der Waals surface area contributed by atoms with Crippen molar-refractivity contribution in [3.05, 3.63) is 47.3 Å². The summed E-state index contributed by atoms with van der Waals surface area (Å²) in [4.78, 5) is 3.39. The Hall–Kier alpha value is -3.26. The summed E-state index contributed by atoms with van der Waals surface area (Å²) in [6.45, 7) is 3.78. The van der Waals surface area contributed by atoms with Crippen molar-refractivity contribution >= 4 is 21.8 Å². The van der Waals surface area contributed by atoms with Gasteiger partial charge >= 0.3 is 0 Å². The molecule has 0 spiro atoms. The fraction of sp³-hybridized carbons (Fsp3) is 0.158. The average molecular weight is 317 g/mol. The minimum atomic E-state index is 0.613. The molecule has 0 bridgehead atoms. The molecule has 0 amide bonds. The van der Waals surface area contributed by atoms with Gasteiger partial charge in [-0.3, -0.25) is 0 Å². The predicted octanol–water partition coefficient (Wildman–Crippen LogP) is 4.47. The molecular formula is C19H15N3O2. The molecule has 1 N–H and O–H groups in total. The Kier molecular flexibility index (Phi) is 3.07. The van der Waals surface area contributed by atoms with Crippen molar-refractivity contribution in [1.82, 2.24) is 10.1 Å². The molecule has 118 valence electrons. The highest BCUT2D eigenvalue weighted by atomic mass is 16.5. The molecule has 0 aliphatic carbocycles. The maximum atomic E-state index is 9.67. The van der Waals surface area contributed by atoms with E-state index in [-0.39, 0.29) is 0 Å². The predicted molar refractivity (Wildman–Crippen MR) is 92.0 cm³/mol. The Labute approximate surface area is 138 Å². The second-order valence-electron chi connectivity index (χ2n) is 5.79. The summed E-state index contributed by atoms with van der Waals surface area (Å²) in [7, 11) is 1.64. The quantitative estimate of drug-likeness (QED) is 0.591. The minimum Gasteiger partial charge on any atom is -0.497 e. The number of hydrogen-bond donors (Lipinski definition) is 1. The van der Waals surface area contributed by atoms with E-state index in [1.807, 2.05) is 44.2 Å². The minimum absolute atomic E-state index is 0.613. The van der Waals surface area contributed by atoms with Gasteiger partial charge in [0.15, 0.2) is 0 Å². The molecule has 24 heavy (non-hydrogen) atoms. The smallest absolute Gasteiger partial charge is 0.141 e. The first-order valence-electron chi connectivity index (χ1n) is 7.59. The van der Waals surface area contributed by atoms with E-state index in [0.717, 1.165) is 50.1 Å². The first-order valence-corrected chi connectivity index (χ1v) is 7.59. The lowest BCUT2D eigenvalue weighted by Gasteiger charge is -2.04. The molecule has 2 aromatic carbocycles. The van der Waals surface area contributed by atoms with Crippen LogP contribution in [0.15, 0.2) is 34.9 Å². The Bertz CT molecular complexity index is 1110. The zero-order valence-corrected chi connectivity index (χ0v) is 13.6. The van der Waals surface area contributed by atoms with Crippen molar-refractivity contribution in [2.45, 2.75) is 13.8 Å². The number of aromatic amines is 1. The van der Waals surface area contributed by atoms with Crippen LogP contribution in [0.1, 0.15) is 17.0 Å². The first kappa shape index (κ1) is 14.3. The summed E-state index contributed by atoms with van der Waals surface area (Å²) in [6, 6.07) is 12.1. The number of fused-ring (bicyclic) bond motifs is 3. The van der Waals surface area contributed by atoms with Crippen molar-refractivity contribution in [2.75, 3.05) is 7.11 Å². The number of hydrogen-bond acceptors (Lipinski definition) is 4. The van der Waals surface area contributed by atoms with Crippen LogP contribution in [0, 0.1) is 25.2 Å². The van der Waals surface area contributed by atoms with Gasteiger partial charge in [0.25, 0.3) is 0 Å². The molecule has 0 saturated carbocycles. The van der Waals surface area contributed by atoms with Crippen LogP contribution in [-0.2, 0) is 0 Å². The topological polar surface area (TPSA) is 74.8 Å². The van der Waals surface area contributed by atoms with Gasteiger partial charge in [0.1, 0.15) is 11.5 Å². The number of methoxy groups -OCH3 is 1. The lowest BCUT2D eigenvalue weighted by Crippen LogP contribution is -1.86. The van der Waals surface area contributed by atoms with Crippen LogP contribution >= 0.6 is 0 Å². The normalized spacial score (nSPS) is 11.1. The number of nitrogens with one attached hydrogen (secondary N) is 1. The SMILES string of the molecule is COc1ccc2[nH]c3cc(-c4c(C)noc4C)cc(C#N)c3c2c1. The zero-order chi connectivity index (χ0) is 16.8. The molecule has 5 heteroatoms. The van der Waals surface area contributed by atoms with Gasteiger partial charge in [0.05, 0.1) is 24.4 Å². The van der Waals surface area contributed by atoms with E-state index in [0.29, 0.717) is 5.56 Å². The van der Waals surface area contributed by atoms with E-state index >= 15 is 0 Å². The number of aryl methyl sites for hydroxylation is 2. The number of rotatable bonds is 2. The van der Waals surface area contributed by atoms with Crippen LogP contribution in [0.2, 0.25) is 0 Å². The number of nitriles is 1. The van der Waals surface area contributed by atoms with Crippen LogP contribution in [0.5, 0.6) is 5.75 Å². The van der Waals surface area contributed by atoms with Gasteiger partial charge in [-0.05, 0) is 49.7 Å². The standard InChI is InChI=1S/C19H15N3O2/c1-10-18(11(2)24-22-10)12-6-13(9-20)19-15-8-14(23-3)4-5-16(15)21-17(19)7-12/h4-8,21H,1-3H3. The third-order valence-corrected chi connectivity index (χ3v) is 4.35. The van der Waals surface area contributed by atoms with E-state index in [9.17, 15) is 5.26 Å². The lowest BCUT2D eigenvalue weighted by atomic mass is 9.98. The van der Waals surface area contributed by atoms with Gasteiger partial charge in [0, 0.05) is 27.4 Å². The third kappa shape index (κ3) is 1.97. The molecule has 0 fully saturated rings. The summed E-state index contributed by atoms with van der Waals surface area (Å²) in [6.07, 6.45) is 0. The molecule has 0 unspecified atom stereocenters. The van der Waals surface area contributed by atoms with Crippen LogP contribution in [0.3, 0.4) is 0 Å². The Morgan fingerprint density at radius 2 is 2.00 bits per heavy atom. The second-order valence-corrected chi connectivity index (χ2v) is 5.79. The Morgan fingerprint density at radius 1 is 1.17 bits per heavy atom. The van der Waals surface area contributed by atoms with Gasteiger partial charge < -0.3 is 14.2 Å². The van der Waals surface area contributed by atoms with Crippen molar-refractivity contribution in [1.29, 1.82) is 5.26 Å². The summed E-state index contributed by atoms with van der Waals surface area (Å²) < 4.78 is 10.6. The number of ether oxygens (including phenoxy) is 1. The highest BCUT2D eigenvalue weighted by Gasteiger charge is 2.16. The van der Waals surface area contributed by atoms with Crippen molar-refractivity contribution in [3.8, 4) is 22.9 Å². The fourth-order valence-corrected chi connectivity index (χ4v) is 3.27. The summed E-state index contributed by atoms with van der Waals surface area (Å²) in [5.74, 6) is 1.51. The number of nitrogens with zero attached hydrogens (tertiary/aromatic N) is 2. The molecule has 0 saturated heterocycles. The summed E-state index contributed by atoms with van der Waals surface area (Å²) >= 11 is 0. The largest absolute Gasteiger partial charge is 0.497 e. The number of aromatic nitrogens is 2. The molecule has 0 aliphatic rings. The average Bonchev–Trinajstić information content (AvgIpc) is 3.12. The summed E-state index contributed by atoms with van der Waals surface area (Å²) in [5, 5.41) is 15.6. The summed E-state index contributed by atoms with van der Waals surface area (Å²) in [5.41, 5.74) is 5.17. The number of benzene rings is 2. The van der Waals surface area contributed by atoms with Crippen molar-refractivity contribution < 1.29 is 9.26 Å². The lowest BCUT2D eigenvalue weighted by molar-refractivity contribution is 0.393. The van der Waals surface area contributed by atoms with Gasteiger partial charge in [-0.15, -0.1) is 0 Å². The van der Waals surface area contributed by atoms with Gasteiger partial charge in [-0.1, -0.05) is 5.16 Å². The van der Waals surface area contributed by atoms with Crippen LogP contribution in [0.25, 0.3) is 32.9 Å². The molecule has 2 aromatic heterocycles. The Balaban J connectivity index is 2.08. The van der Waals surface area contributed by atoms with Crippen LogP contribution < -0.4 is 4.74 Å². The van der Waals surface area contributed by atoms with E-state index in [4.69, 9.17) is 9.26 Å². The molecular weight excluding hydrogens is 302 g/mol. The molecule has 0 atom stereocenters. The maximum Gasteiger partial charge on any atom is 0.141 e. The molecule has 4 rings (SSSR count). The van der Waals surface area contributed by atoms with E-state index in [1.54, 1.807) is 7.11 Å². The van der Waals surface area contributed by atoms with E-state index in [1.165, 1.54) is 0 Å². The highest BCUT2D eigenvalue weighted by molar-refractivity contribution is 6.11. The van der Waals surface area contributed by atoms with Crippen LogP contribution in [0.4, 0.5) is 0 Å². The van der Waals surface area contributed by atoms with Crippen LogP contribution in [-0.4, -0.2) is 17.3 Å². The molecule has 0 aliphatic heterocycles. The van der Waals surface area contributed by atoms with Gasteiger partial charge in [-0.25, -0.2) is 0 Å². The van der Waals surface area contributed by atoms with E-state index < -0.39 is 0 Å². The maximum absolute atomic E-state index is 9.67. The van der Waals surface area contributed by atoms with Crippen molar-refractivity contribution in [3.63, 3.8) is 0 Å². The zero-order valence-electron chi connectivity index (χ0n) is 13.6. The molecule has 0 radical (unpaired) electrons.